The maximum absolute atomic E-state index is 13.4. The van der Waals surface area contributed by atoms with Gasteiger partial charge in [0.05, 0.1) is 23.6 Å². The highest BCUT2D eigenvalue weighted by molar-refractivity contribution is 6.32. The van der Waals surface area contributed by atoms with Gasteiger partial charge in [0.25, 0.3) is 5.56 Å². The van der Waals surface area contributed by atoms with Crippen molar-refractivity contribution in [2.24, 2.45) is 0 Å². The molecule has 35 heavy (non-hydrogen) atoms. The van der Waals surface area contributed by atoms with Gasteiger partial charge in [0, 0.05) is 22.9 Å². The average Bonchev–Trinajstić information content (AvgIpc) is 3.59. The number of pyridine rings is 2. The summed E-state index contributed by atoms with van der Waals surface area (Å²) in [5.41, 5.74) is 11.6. The molecular weight excluding hydrogens is 466 g/mol. The molecule has 4 aromatic heterocycles. The van der Waals surface area contributed by atoms with E-state index in [0.717, 1.165) is 46.6 Å². The molecule has 11 heteroatoms. The second-order valence-corrected chi connectivity index (χ2v) is 8.89. The van der Waals surface area contributed by atoms with Crippen LogP contribution in [0.15, 0.2) is 59.8 Å². The van der Waals surface area contributed by atoms with Crippen LogP contribution in [-0.2, 0) is 6.42 Å². The monoisotopic (exact) mass is 485 g/mol. The summed E-state index contributed by atoms with van der Waals surface area (Å²) in [6.45, 7) is 2.01. The molecule has 0 fully saturated rings. The number of anilines is 1. The van der Waals surface area contributed by atoms with Gasteiger partial charge in [0.15, 0.2) is 0 Å². The number of imidazole rings is 1. The summed E-state index contributed by atoms with van der Waals surface area (Å²) >= 11 is 6.27. The minimum absolute atomic E-state index is 0.0886. The Balaban J connectivity index is 1.39. The van der Waals surface area contributed by atoms with Crippen LogP contribution < -0.4 is 11.3 Å². The number of benzene rings is 1. The van der Waals surface area contributed by atoms with Crippen molar-refractivity contribution in [2.75, 3.05) is 5.73 Å². The topological polar surface area (TPSA) is 133 Å². The standard InChI is InChI=1S/C24H20ClN9O/c1-13-2-5-19(33-12-28-31-32-33)17(8-13)14-9-15-3-6-20(34(15)22(35)10-14)24-27-11-18(29-24)16-4-7-21(26)30-23(16)25/h2,4-5,7-12,20H,3,6H2,1H3,(H2,26,30)(H,27,29)/t20-/m0/s1. The summed E-state index contributed by atoms with van der Waals surface area (Å²) in [5.74, 6) is 1.05. The lowest BCUT2D eigenvalue weighted by molar-refractivity contribution is 0.572. The summed E-state index contributed by atoms with van der Waals surface area (Å²) in [6.07, 6.45) is 4.76. The molecule has 0 bridgehead atoms. The number of aromatic nitrogens is 8. The van der Waals surface area contributed by atoms with E-state index in [0.29, 0.717) is 22.4 Å². The van der Waals surface area contributed by atoms with Gasteiger partial charge in [-0.15, -0.1) is 5.10 Å². The molecular formula is C24H20ClN9O. The van der Waals surface area contributed by atoms with Crippen molar-refractivity contribution in [1.29, 1.82) is 0 Å². The van der Waals surface area contributed by atoms with E-state index in [4.69, 9.17) is 17.3 Å². The molecule has 6 rings (SSSR count). The third-order valence-electron chi connectivity index (χ3n) is 6.26. The Morgan fingerprint density at radius 1 is 1.14 bits per heavy atom. The van der Waals surface area contributed by atoms with Gasteiger partial charge in [-0.05, 0) is 66.1 Å². The quantitative estimate of drug-likeness (QED) is 0.373. The first-order valence-corrected chi connectivity index (χ1v) is 11.4. The fraction of sp³-hybridized carbons (Fsp3) is 0.167. The van der Waals surface area contributed by atoms with E-state index in [-0.39, 0.29) is 11.6 Å². The number of hydrogen-bond donors (Lipinski definition) is 2. The van der Waals surface area contributed by atoms with Crippen molar-refractivity contribution in [1.82, 2.24) is 39.7 Å². The van der Waals surface area contributed by atoms with Gasteiger partial charge < -0.3 is 15.3 Å². The van der Waals surface area contributed by atoms with Gasteiger partial charge in [-0.3, -0.25) is 4.79 Å². The smallest absolute Gasteiger partial charge is 0.252 e. The lowest BCUT2D eigenvalue weighted by Crippen LogP contribution is -2.23. The molecule has 0 unspecified atom stereocenters. The Morgan fingerprint density at radius 2 is 2.03 bits per heavy atom. The highest BCUT2D eigenvalue weighted by atomic mass is 35.5. The first kappa shape index (κ1) is 21.2. The number of rotatable bonds is 4. The molecule has 0 saturated carbocycles. The largest absolute Gasteiger partial charge is 0.384 e. The number of nitrogens with two attached hydrogens (primary N) is 1. The fourth-order valence-electron chi connectivity index (χ4n) is 4.65. The van der Waals surface area contributed by atoms with Crippen LogP contribution in [-0.4, -0.2) is 39.7 Å². The van der Waals surface area contributed by atoms with E-state index < -0.39 is 0 Å². The van der Waals surface area contributed by atoms with Crippen molar-refractivity contribution in [3.8, 4) is 28.1 Å². The minimum atomic E-state index is -0.197. The van der Waals surface area contributed by atoms with Crippen LogP contribution in [0.1, 0.15) is 29.5 Å². The van der Waals surface area contributed by atoms with E-state index in [1.807, 2.05) is 25.1 Å². The van der Waals surface area contributed by atoms with Crippen molar-refractivity contribution in [3.63, 3.8) is 0 Å². The third-order valence-corrected chi connectivity index (χ3v) is 6.55. The zero-order valence-electron chi connectivity index (χ0n) is 18.7. The first-order chi connectivity index (χ1) is 17.0. The second kappa shape index (κ2) is 8.17. The molecule has 0 amide bonds. The molecule has 10 nitrogen and oxygen atoms in total. The molecule has 0 spiro atoms. The van der Waals surface area contributed by atoms with Crippen molar-refractivity contribution >= 4 is 17.4 Å². The van der Waals surface area contributed by atoms with Crippen LogP contribution >= 0.6 is 11.6 Å². The van der Waals surface area contributed by atoms with Gasteiger partial charge in [0.1, 0.15) is 23.1 Å². The molecule has 1 aliphatic rings. The number of fused-ring (bicyclic) bond motifs is 1. The molecule has 0 aliphatic carbocycles. The van der Waals surface area contributed by atoms with Crippen molar-refractivity contribution < 1.29 is 0 Å². The number of tetrazole rings is 1. The normalized spacial score (nSPS) is 14.9. The minimum Gasteiger partial charge on any atom is -0.384 e. The van der Waals surface area contributed by atoms with Crippen LogP contribution in [0.3, 0.4) is 0 Å². The molecule has 5 heterocycles. The maximum atomic E-state index is 13.4. The average molecular weight is 486 g/mol. The van der Waals surface area contributed by atoms with Crippen LogP contribution in [0.4, 0.5) is 5.82 Å². The van der Waals surface area contributed by atoms with Crippen molar-refractivity contribution in [2.45, 2.75) is 25.8 Å². The number of nitrogens with one attached hydrogen (secondary N) is 1. The number of nitrogen functional groups attached to an aromatic ring is 1. The molecule has 3 N–H and O–H groups in total. The van der Waals surface area contributed by atoms with E-state index in [9.17, 15) is 4.79 Å². The summed E-state index contributed by atoms with van der Waals surface area (Å²) < 4.78 is 3.41. The molecule has 1 aromatic carbocycles. The van der Waals surface area contributed by atoms with Crippen LogP contribution in [0.25, 0.3) is 28.1 Å². The number of H-pyrrole nitrogens is 1. The van der Waals surface area contributed by atoms with E-state index in [1.165, 1.54) is 0 Å². The van der Waals surface area contributed by atoms with Gasteiger partial charge in [-0.2, -0.15) is 4.68 Å². The van der Waals surface area contributed by atoms with Crippen LogP contribution in [0.5, 0.6) is 0 Å². The maximum Gasteiger partial charge on any atom is 0.252 e. The van der Waals surface area contributed by atoms with Crippen molar-refractivity contribution in [3.05, 3.63) is 87.6 Å². The lowest BCUT2D eigenvalue weighted by atomic mass is 10.0. The fourth-order valence-corrected chi connectivity index (χ4v) is 4.92. The van der Waals surface area contributed by atoms with E-state index >= 15 is 0 Å². The number of aryl methyl sites for hydroxylation is 2. The summed E-state index contributed by atoms with van der Waals surface area (Å²) in [4.78, 5) is 25.4. The number of nitrogens with zero attached hydrogens (tertiary/aromatic N) is 7. The Hall–Kier alpha value is -4.31. The Bertz CT molecular complexity index is 1620. The van der Waals surface area contributed by atoms with Gasteiger partial charge >= 0.3 is 0 Å². The summed E-state index contributed by atoms with van der Waals surface area (Å²) in [7, 11) is 0. The van der Waals surface area contributed by atoms with Gasteiger partial charge in [-0.1, -0.05) is 23.2 Å². The molecule has 1 aliphatic heterocycles. The number of halogens is 1. The van der Waals surface area contributed by atoms with Gasteiger partial charge in [-0.25, -0.2) is 9.97 Å². The summed E-state index contributed by atoms with van der Waals surface area (Å²) in [6, 6.07) is 13.0. The van der Waals surface area contributed by atoms with E-state index in [2.05, 4.69) is 36.5 Å². The lowest BCUT2D eigenvalue weighted by Gasteiger charge is -2.15. The first-order valence-electron chi connectivity index (χ1n) is 11.0. The predicted octanol–water partition coefficient (Wildman–Crippen LogP) is 3.36. The van der Waals surface area contributed by atoms with E-state index in [1.54, 1.807) is 40.0 Å². The molecule has 174 valence electrons. The Labute approximate surface area is 204 Å². The highest BCUT2D eigenvalue weighted by Crippen LogP contribution is 2.34. The Morgan fingerprint density at radius 3 is 2.83 bits per heavy atom. The van der Waals surface area contributed by atoms with Crippen LogP contribution in [0.2, 0.25) is 5.15 Å². The molecule has 1 atom stereocenters. The van der Waals surface area contributed by atoms with Gasteiger partial charge in [0.2, 0.25) is 0 Å². The third kappa shape index (κ3) is 3.68. The Kier molecular flexibility index (Phi) is 4.96. The second-order valence-electron chi connectivity index (χ2n) is 8.53. The highest BCUT2D eigenvalue weighted by Gasteiger charge is 2.28. The zero-order chi connectivity index (χ0) is 24.1. The molecule has 0 saturated heterocycles. The zero-order valence-corrected chi connectivity index (χ0v) is 19.4. The SMILES string of the molecule is Cc1ccc(-n2cnnn2)c(-c2cc3n(c(=O)c2)[C@H](c2ncc(-c4ccc(N)nc4Cl)[nH]2)CC3)c1. The predicted molar refractivity (Wildman–Crippen MR) is 131 cm³/mol. The summed E-state index contributed by atoms with van der Waals surface area (Å²) in [5, 5.41) is 11.8. The number of aromatic amines is 1. The number of hydrogen-bond acceptors (Lipinski definition) is 7. The molecule has 5 aromatic rings. The van der Waals surface area contributed by atoms with Crippen LogP contribution in [0, 0.1) is 6.92 Å². The molecule has 0 radical (unpaired) electrons.